The average molecular weight is 357 g/mol. The minimum Gasteiger partial charge on any atom is -0.343 e. The highest BCUT2D eigenvalue weighted by Gasteiger charge is 2.25. The normalized spacial score (nSPS) is 18.7. The van der Waals surface area contributed by atoms with Gasteiger partial charge >= 0.3 is 0 Å². The first-order chi connectivity index (χ1) is 10.7. The lowest BCUT2D eigenvalue weighted by Gasteiger charge is -2.32. The summed E-state index contributed by atoms with van der Waals surface area (Å²) >= 11 is 1.85. The number of carbonyl (C=O) groups excluding carboxylic acids is 1. The van der Waals surface area contributed by atoms with Crippen LogP contribution in [0.2, 0.25) is 0 Å². The zero-order valence-corrected chi connectivity index (χ0v) is 15.7. The molecule has 0 aromatic carbocycles. The van der Waals surface area contributed by atoms with Gasteiger partial charge in [0.25, 0.3) is 0 Å². The Morgan fingerprint density at radius 2 is 2.00 bits per heavy atom. The molecule has 1 aliphatic heterocycles. The molecule has 130 valence electrons. The molecule has 2 heterocycles. The van der Waals surface area contributed by atoms with E-state index in [9.17, 15) is 4.79 Å². The number of nitrogens with one attached hydrogen (secondary N) is 1. The largest absolute Gasteiger partial charge is 0.343 e. The predicted octanol–water partition coefficient (Wildman–Crippen LogP) is 3.79. The van der Waals surface area contributed by atoms with E-state index < -0.39 is 0 Å². The summed E-state index contributed by atoms with van der Waals surface area (Å²) in [6, 6.07) is 5.00. The molecule has 1 saturated carbocycles. The molecular weight excluding hydrogens is 328 g/mol. The highest BCUT2D eigenvalue weighted by molar-refractivity contribution is 7.11. The second-order valence-electron chi connectivity index (χ2n) is 6.87. The van der Waals surface area contributed by atoms with Gasteiger partial charge in [-0.25, -0.2) is 0 Å². The van der Waals surface area contributed by atoms with Gasteiger partial charge in [-0.15, -0.1) is 23.7 Å². The van der Waals surface area contributed by atoms with Crippen LogP contribution in [-0.4, -0.2) is 36.5 Å². The summed E-state index contributed by atoms with van der Waals surface area (Å²) < 4.78 is 0. The maximum Gasteiger partial charge on any atom is 0.222 e. The summed E-state index contributed by atoms with van der Waals surface area (Å²) in [5.74, 6) is 1.30. The molecular formula is C18H29ClN2OS. The van der Waals surface area contributed by atoms with Crippen LogP contribution in [-0.2, 0) is 11.2 Å². The topological polar surface area (TPSA) is 32.3 Å². The highest BCUT2D eigenvalue weighted by atomic mass is 35.5. The summed E-state index contributed by atoms with van der Waals surface area (Å²) in [5, 5.41) is 3.67. The number of carbonyl (C=O) groups is 1. The van der Waals surface area contributed by atoms with Gasteiger partial charge in [-0.3, -0.25) is 4.79 Å². The van der Waals surface area contributed by atoms with Crippen molar-refractivity contribution in [2.45, 2.75) is 57.9 Å². The van der Waals surface area contributed by atoms with Gasteiger partial charge < -0.3 is 10.2 Å². The average Bonchev–Trinajstić information content (AvgIpc) is 3.27. The van der Waals surface area contributed by atoms with Crippen LogP contribution in [0.25, 0.3) is 0 Å². The summed E-state index contributed by atoms with van der Waals surface area (Å²) in [4.78, 5) is 17.1. The fraction of sp³-hybridized carbons (Fsp3) is 0.722. The van der Waals surface area contributed by atoms with Crippen LogP contribution in [0.5, 0.6) is 0 Å². The smallest absolute Gasteiger partial charge is 0.222 e. The molecule has 0 spiro atoms. The molecule has 3 rings (SSSR count). The number of hydrogen-bond acceptors (Lipinski definition) is 3. The Balaban J connectivity index is 0.00000192. The molecule has 1 saturated heterocycles. The SMILES string of the molecule is Cc1ccc(CCCC(=O)N2CCC(NCC3CC3)CC2)s1.Cl. The van der Waals surface area contributed by atoms with Gasteiger partial charge in [-0.1, -0.05) is 0 Å². The first kappa shape index (κ1) is 18.8. The van der Waals surface area contributed by atoms with Crippen molar-refractivity contribution < 1.29 is 4.79 Å². The molecule has 23 heavy (non-hydrogen) atoms. The van der Waals surface area contributed by atoms with E-state index in [2.05, 4.69) is 29.3 Å². The molecule has 0 radical (unpaired) electrons. The number of amides is 1. The zero-order valence-electron chi connectivity index (χ0n) is 14.1. The second-order valence-corrected chi connectivity index (χ2v) is 8.25. The molecule has 2 aliphatic rings. The van der Waals surface area contributed by atoms with E-state index in [1.54, 1.807) is 0 Å². The lowest BCUT2D eigenvalue weighted by molar-refractivity contribution is -0.132. The molecule has 1 aliphatic carbocycles. The molecule has 1 N–H and O–H groups in total. The molecule has 2 fully saturated rings. The van der Waals surface area contributed by atoms with Crippen molar-refractivity contribution in [2.75, 3.05) is 19.6 Å². The van der Waals surface area contributed by atoms with Gasteiger partial charge in [0.15, 0.2) is 0 Å². The quantitative estimate of drug-likeness (QED) is 0.806. The van der Waals surface area contributed by atoms with Crippen molar-refractivity contribution in [3.05, 3.63) is 21.9 Å². The fourth-order valence-corrected chi connectivity index (χ4v) is 4.11. The summed E-state index contributed by atoms with van der Waals surface area (Å²) in [6.45, 7) is 5.22. The Morgan fingerprint density at radius 1 is 1.26 bits per heavy atom. The number of likely N-dealkylation sites (tertiary alicyclic amines) is 1. The van der Waals surface area contributed by atoms with Gasteiger partial charge in [-0.2, -0.15) is 0 Å². The molecule has 5 heteroatoms. The van der Waals surface area contributed by atoms with Crippen LogP contribution in [0.1, 0.15) is 48.3 Å². The van der Waals surface area contributed by atoms with E-state index in [0.29, 0.717) is 18.4 Å². The standard InChI is InChI=1S/C18H28N2OS.ClH/c1-14-5-8-17(22-14)3-2-4-18(21)20-11-9-16(10-12-20)19-13-15-6-7-15;/h5,8,15-16,19H,2-4,6-7,9-13H2,1H3;1H. The highest BCUT2D eigenvalue weighted by Crippen LogP contribution is 2.28. The van der Waals surface area contributed by atoms with Crippen molar-refractivity contribution in [2.24, 2.45) is 5.92 Å². The number of nitrogens with zero attached hydrogens (tertiary/aromatic N) is 1. The van der Waals surface area contributed by atoms with E-state index >= 15 is 0 Å². The Bertz CT molecular complexity index is 493. The van der Waals surface area contributed by atoms with Crippen LogP contribution in [0.3, 0.4) is 0 Å². The Hall–Kier alpha value is -0.580. The molecule has 0 unspecified atom stereocenters. The van der Waals surface area contributed by atoms with Crippen molar-refractivity contribution >= 4 is 29.7 Å². The summed E-state index contributed by atoms with van der Waals surface area (Å²) in [6.07, 6.45) is 7.81. The van der Waals surface area contributed by atoms with Gasteiger partial charge in [0.05, 0.1) is 0 Å². The van der Waals surface area contributed by atoms with Gasteiger partial charge in [0.2, 0.25) is 5.91 Å². The first-order valence-corrected chi connectivity index (χ1v) is 9.59. The summed E-state index contributed by atoms with van der Waals surface area (Å²) in [7, 11) is 0. The van der Waals surface area contributed by atoms with Crippen molar-refractivity contribution in [1.82, 2.24) is 10.2 Å². The summed E-state index contributed by atoms with van der Waals surface area (Å²) in [5.41, 5.74) is 0. The third kappa shape index (κ3) is 6.09. The fourth-order valence-electron chi connectivity index (χ4n) is 3.18. The van der Waals surface area contributed by atoms with Gasteiger partial charge in [0.1, 0.15) is 0 Å². The Labute approximate surface area is 150 Å². The minimum atomic E-state index is 0. The van der Waals surface area contributed by atoms with Crippen LogP contribution < -0.4 is 5.32 Å². The van der Waals surface area contributed by atoms with E-state index in [4.69, 9.17) is 0 Å². The van der Waals surface area contributed by atoms with E-state index in [1.807, 2.05) is 11.3 Å². The number of rotatable bonds is 7. The van der Waals surface area contributed by atoms with E-state index in [1.165, 1.54) is 29.1 Å². The predicted molar refractivity (Wildman–Crippen MR) is 99.6 cm³/mol. The zero-order chi connectivity index (χ0) is 15.4. The Morgan fingerprint density at radius 3 is 2.61 bits per heavy atom. The Kier molecular flexibility index (Phi) is 7.38. The first-order valence-electron chi connectivity index (χ1n) is 8.77. The monoisotopic (exact) mass is 356 g/mol. The third-order valence-electron chi connectivity index (χ3n) is 4.85. The minimum absolute atomic E-state index is 0. The number of aryl methyl sites for hydroxylation is 2. The van der Waals surface area contributed by atoms with Crippen molar-refractivity contribution in [3.63, 3.8) is 0 Å². The van der Waals surface area contributed by atoms with Crippen LogP contribution >= 0.6 is 23.7 Å². The number of thiophene rings is 1. The molecule has 1 amide bonds. The molecule has 0 bridgehead atoms. The molecule has 3 nitrogen and oxygen atoms in total. The maximum atomic E-state index is 12.3. The maximum absolute atomic E-state index is 12.3. The molecule has 1 aromatic heterocycles. The van der Waals surface area contributed by atoms with Gasteiger partial charge in [0, 0.05) is 35.3 Å². The van der Waals surface area contributed by atoms with Crippen LogP contribution in [0.4, 0.5) is 0 Å². The number of halogens is 1. The van der Waals surface area contributed by atoms with E-state index in [-0.39, 0.29) is 12.4 Å². The number of hydrogen-bond donors (Lipinski definition) is 1. The molecule has 1 aromatic rings. The molecule has 0 atom stereocenters. The van der Waals surface area contributed by atoms with Crippen molar-refractivity contribution in [1.29, 1.82) is 0 Å². The van der Waals surface area contributed by atoms with E-state index in [0.717, 1.165) is 44.7 Å². The van der Waals surface area contributed by atoms with Crippen LogP contribution in [0.15, 0.2) is 12.1 Å². The lowest BCUT2D eigenvalue weighted by Crippen LogP contribution is -2.45. The van der Waals surface area contributed by atoms with Crippen molar-refractivity contribution in [3.8, 4) is 0 Å². The lowest BCUT2D eigenvalue weighted by atomic mass is 10.0. The van der Waals surface area contributed by atoms with Gasteiger partial charge in [-0.05, 0) is 70.0 Å². The third-order valence-corrected chi connectivity index (χ3v) is 5.91. The second kappa shape index (κ2) is 9.05. The van der Waals surface area contributed by atoms with Crippen LogP contribution in [0, 0.1) is 12.8 Å². The number of piperidine rings is 1.